The molecule has 3 rings (SSSR count). The third-order valence-corrected chi connectivity index (χ3v) is 3.76. The monoisotopic (exact) mass is 292 g/mol. The van der Waals surface area contributed by atoms with Gasteiger partial charge in [-0.15, -0.1) is 10.2 Å². The number of carbonyl (C=O) groups is 1. The standard InChI is InChI=1S/C13H12N2O4S/c16-12-10(6-7-17-12)20-13-15-14-11(19-13)8-18-9-4-2-1-3-5-9/h1-5,10H,6-8H2. The van der Waals surface area contributed by atoms with Crippen molar-refractivity contribution in [1.82, 2.24) is 10.2 Å². The second kappa shape index (κ2) is 5.96. The Labute approximate surface area is 119 Å². The lowest BCUT2D eigenvalue weighted by Crippen LogP contribution is -2.09. The van der Waals surface area contributed by atoms with Crippen molar-refractivity contribution in [3.63, 3.8) is 0 Å². The van der Waals surface area contributed by atoms with Crippen molar-refractivity contribution >= 4 is 17.7 Å². The van der Waals surface area contributed by atoms with Gasteiger partial charge in [0.15, 0.2) is 6.61 Å². The van der Waals surface area contributed by atoms with Gasteiger partial charge in [-0.2, -0.15) is 0 Å². The molecule has 0 aliphatic carbocycles. The van der Waals surface area contributed by atoms with Gasteiger partial charge in [0.2, 0.25) is 0 Å². The molecule has 1 saturated heterocycles. The van der Waals surface area contributed by atoms with Crippen LogP contribution in [-0.2, 0) is 16.1 Å². The van der Waals surface area contributed by atoms with Crippen LogP contribution in [0, 0.1) is 0 Å². The van der Waals surface area contributed by atoms with Crippen molar-refractivity contribution in [3.8, 4) is 5.75 Å². The van der Waals surface area contributed by atoms with E-state index in [1.807, 2.05) is 30.3 Å². The van der Waals surface area contributed by atoms with Gasteiger partial charge in [0.05, 0.1) is 6.61 Å². The average Bonchev–Trinajstić information content (AvgIpc) is 3.08. The number of nitrogens with zero attached hydrogens (tertiary/aromatic N) is 2. The van der Waals surface area contributed by atoms with E-state index in [1.54, 1.807) is 0 Å². The predicted molar refractivity (Wildman–Crippen MR) is 70.3 cm³/mol. The molecule has 1 aliphatic rings. The third kappa shape index (κ3) is 3.11. The number of hydrogen-bond donors (Lipinski definition) is 0. The number of benzene rings is 1. The van der Waals surface area contributed by atoms with Crippen LogP contribution in [0.1, 0.15) is 12.3 Å². The predicted octanol–water partition coefficient (Wildman–Crippen LogP) is 2.06. The van der Waals surface area contributed by atoms with E-state index in [0.29, 0.717) is 24.1 Å². The number of para-hydroxylation sites is 1. The van der Waals surface area contributed by atoms with E-state index < -0.39 is 0 Å². The van der Waals surface area contributed by atoms with Gasteiger partial charge in [-0.3, -0.25) is 4.79 Å². The third-order valence-electron chi connectivity index (χ3n) is 2.68. The van der Waals surface area contributed by atoms with Gasteiger partial charge >= 0.3 is 5.97 Å². The first kappa shape index (κ1) is 13.0. The SMILES string of the molecule is O=C1OCCC1Sc1nnc(COc2ccccc2)o1. The Morgan fingerprint density at radius 2 is 2.15 bits per heavy atom. The van der Waals surface area contributed by atoms with E-state index in [2.05, 4.69) is 10.2 Å². The maximum Gasteiger partial charge on any atom is 0.319 e. The molecule has 1 unspecified atom stereocenters. The minimum atomic E-state index is -0.252. The van der Waals surface area contributed by atoms with Crippen molar-refractivity contribution < 1.29 is 18.7 Å². The minimum Gasteiger partial charge on any atom is -0.484 e. The van der Waals surface area contributed by atoms with Crippen LogP contribution in [0.3, 0.4) is 0 Å². The fourth-order valence-corrected chi connectivity index (χ4v) is 2.57. The van der Waals surface area contributed by atoms with Crippen LogP contribution in [-0.4, -0.2) is 28.0 Å². The van der Waals surface area contributed by atoms with Gasteiger partial charge in [-0.1, -0.05) is 18.2 Å². The van der Waals surface area contributed by atoms with Crippen LogP contribution in [0.5, 0.6) is 5.75 Å². The summed E-state index contributed by atoms with van der Waals surface area (Å²) in [5, 5.41) is 7.88. The lowest BCUT2D eigenvalue weighted by Gasteiger charge is -2.02. The highest BCUT2D eigenvalue weighted by molar-refractivity contribution is 8.00. The lowest BCUT2D eigenvalue weighted by molar-refractivity contribution is -0.137. The fraction of sp³-hybridized carbons (Fsp3) is 0.308. The van der Waals surface area contributed by atoms with E-state index in [1.165, 1.54) is 11.8 Å². The van der Waals surface area contributed by atoms with E-state index in [0.717, 1.165) is 5.75 Å². The zero-order valence-electron chi connectivity index (χ0n) is 10.5. The Kier molecular flexibility index (Phi) is 3.87. The maximum atomic E-state index is 11.3. The molecule has 1 aromatic heterocycles. The van der Waals surface area contributed by atoms with Crippen LogP contribution in [0.25, 0.3) is 0 Å². The molecule has 0 amide bonds. The molecule has 1 atom stereocenters. The molecule has 6 nitrogen and oxygen atoms in total. The molecule has 0 radical (unpaired) electrons. The van der Waals surface area contributed by atoms with Crippen molar-refractivity contribution in [2.45, 2.75) is 23.5 Å². The average molecular weight is 292 g/mol. The minimum absolute atomic E-state index is 0.201. The summed E-state index contributed by atoms with van der Waals surface area (Å²) in [5.74, 6) is 0.886. The van der Waals surface area contributed by atoms with Gasteiger partial charge < -0.3 is 13.9 Å². The van der Waals surface area contributed by atoms with Crippen molar-refractivity contribution in [2.24, 2.45) is 0 Å². The normalized spacial score (nSPS) is 18.0. The van der Waals surface area contributed by atoms with Crippen molar-refractivity contribution in [3.05, 3.63) is 36.2 Å². The molecule has 1 aromatic carbocycles. The van der Waals surface area contributed by atoms with Crippen LogP contribution in [0.4, 0.5) is 0 Å². The molecule has 0 N–H and O–H groups in total. The molecule has 0 spiro atoms. The summed E-state index contributed by atoms with van der Waals surface area (Å²) in [7, 11) is 0. The molecule has 1 aliphatic heterocycles. The van der Waals surface area contributed by atoms with Crippen molar-refractivity contribution in [1.29, 1.82) is 0 Å². The Bertz CT molecular complexity index is 587. The zero-order valence-corrected chi connectivity index (χ0v) is 11.3. The van der Waals surface area contributed by atoms with Gasteiger partial charge in [-0.05, 0) is 23.9 Å². The molecule has 7 heteroatoms. The number of aromatic nitrogens is 2. The molecule has 104 valence electrons. The summed E-state index contributed by atoms with van der Waals surface area (Å²) in [5.41, 5.74) is 0. The number of esters is 1. The lowest BCUT2D eigenvalue weighted by atomic mass is 10.3. The van der Waals surface area contributed by atoms with Gasteiger partial charge in [0.1, 0.15) is 11.0 Å². The molecule has 2 aromatic rings. The molecule has 1 fully saturated rings. The number of hydrogen-bond acceptors (Lipinski definition) is 7. The summed E-state index contributed by atoms with van der Waals surface area (Å²) in [6.07, 6.45) is 0.668. The first-order valence-electron chi connectivity index (χ1n) is 6.15. The topological polar surface area (TPSA) is 74.5 Å². The van der Waals surface area contributed by atoms with Crippen LogP contribution >= 0.6 is 11.8 Å². The Morgan fingerprint density at radius 3 is 2.90 bits per heavy atom. The summed E-state index contributed by atoms with van der Waals surface area (Å²) in [6, 6.07) is 9.38. The Balaban J connectivity index is 1.55. The van der Waals surface area contributed by atoms with Crippen LogP contribution in [0.15, 0.2) is 40.0 Å². The van der Waals surface area contributed by atoms with Crippen molar-refractivity contribution in [2.75, 3.05) is 6.61 Å². The van der Waals surface area contributed by atoms with Gasteiger partial charge in [0, 0.05) is 6.42 Å². The first-order chi connectivity index (χ1) is 9.81. The van der Waals surface area contributed by atoms with E-state index in [4.69, 9.17) is 13.9 Å². The van der Waals surface area contributed by atoms with E-state index in [9.17, 15) is 4.79 Å². The quantitative estimate of drug-likeness (QED) is 0.781. The summed E-state index contributed by atoms with van der Waals surface area (Å²) in [6.45, 7) is 0.654. The van der Waals surface area contributed by atoms with Crippen LogP contribution in [0.2, 0.25) is 0 Å². The summed E-state index contributed by atoms with van der Waals surface area (Å²) >= 11 is 1.23. The molecular weight excluding hydrogens is 280 g/mol. The smallest absolute Gasteiger partial charge is 0.319 e. The van der Waals surface area contributed by atoms with E-state index in [-0.39, 0.29) is 17.8 Å². The van der Waals surface area contributed by atoms with E-state index >= 15 is 0 Å². The van der Waals surface area contributed by atoms with Crippen LogP contribution < -0.4 is 4.74 Å². The maximum absolute atomic E-state index is 11.3. The fourth-order valence-electron chi connectivity index (χ4n) is 1.71. The largest absolute Gasteiger partial charge is 0.484 e. The number of thioether (sulfide) groups is 1. The second-order valence-corrected chi connectivity index (χ2v) is 5.28. The number of rotatable bonds is 5. The Hall–Kier alpha value is -2.02. The second-order valence-electron chi connectivity index (χ2n) is 4.13. The molecule has 0 saturated carbocycles. The number of cyclic esters (lactones) is 1. The number of ether oxygens (including phenoxy) is 2. The number of carbonyl (C=O) groups excluding carboxylic acids is 1. The highest BCUT2D eigenvalue weighted by Gasteiger charge is 2.29. The van der Waals surface area contributed by atoms with Gasteiger partial charge in [-0.25, -0.2) is 0 Å². The summed E-state index contributed by atoms with van der Waals surface area (Å²) < 4.78 is 15.8. The molecule has 20 heavy (non-hydrogen) atoms. The zero-order chi connectivity index (χ0) is 13.8. The Morgan fingerprint density at radius 1 is 1.30 bits per heavy atom. The summed E-state index contributed by atoms with van der Waals surface area (Å²) in [4.78, 5) is 11.3. The molecule has 2 heterocycles. The molecular formula is C13H12N2O4S. The molecule has 0 bridgehead atoms. The highest BCUT2D eigenvalue weighted by Crippen LogP contribution is 2.28. The highest BCUT2D eigenvalue weighted by atomic mass is 32.2. The first-order valence-corrected chi connectivity index (χ1v) is 7.03. The van der Waals surface area contributed by atoms with Gasteiger partial charge in [0.25, 0.3) is 11.1 Å².